The number of nitrogens with zero attached hydrogens (tertiary/aromatic N) is 1. The molecule has 2 heterocycles. The summed E-state index contributed by atoms with van der Waals surface area (Å²) in [6.07, 6.45) is 1.18. The number of ether oxygens (including phenoxy) is 1. The van der Waals surface area contributed by atoms with Crippen molar-refractivity contribution in [3.05, 3.63) is 22.2 Å². The lowest BCUT2D eigenvalue weighted by Crippen LogP contribution is -2.53. The van der Waals surface area contributed by atoms with Crippen LogP contribution in [-0.4, -0.2) is 48.5 Å². The molecule has 126 valence electrons. The molecule has 0 radical (unpaired) electrons. The van der Waals surface area contributed by atoms with Crippen LogP contribution in [0.1, 0.15) is 18.9 Å². The van der Waals surface area contributed by atoms with E-state index < -0.39 is 0 Å². The highest BCUT2D eigenvalue weighted by atomic mass is 79.9. The van der Waals surface area contributed by atoms with E-state index in [-0.39, 0.29) is 17.9 Å². The number of hydrogen-bond acceptors (Lipinski definition) is 5. The number of carbonyl (C=O) groups excluding carboxylic acids is 1. The summed E-state index contributed by atoms with van der Waals surface area (Å²) in [6, 6.07) is 4.05. The lowest BCUT2D eigenvalue weighted by Gasteiger charge is -2.33. The number of piperazine rings is 1. The van der Waals surface area contributed by atoms with Gasteiger partial charge in [0.15, 0.2) is 0 Å². The van der Waals surface area contributed by atoms with E-state index in [1.807, 2.05) is 12.1 Å². The molecular formula is C16H22BrN3O3. The fourth-order valence-corrected chi connectivity index (χ4v) is 3.51. The average molecular weight is 384 g/mol. The minimum absolute atomic E-state index is 0.0400. The number of rotatable bonds is 4. The zero-order valence-electron chi connectivity index (χ0n) is 13.1. The van der Waals surface area contributed by atoms with Crippen LogP contribution < -0.4 is 15.4 Å². The second-order valence-corrected chi connectivity index (χ2v) is 7.06. The largest absolute Gasteiger partial charge is 0.493 e. The summed E-state index contributed by atoms with van der Waals surface area (Å²) in [6.45, 7) is 4.73. The molecule has 2 aliphatic rings. The van der Waals surface area contributed by atoms with Gasteiger partial charge in [0, 0.05) is 48.1 Å². The second-order valence-electron chi connectivity index (χ2n) is 6.21. The molecule has 3 rings (SSSR count). The van der Waals surface area contributed by atoms with E-state index in [9.17, 15) is 10.0 Å². The number of halogens is 1. The fourth-order valence-electron chi connectivity index (χ4n) is 3.04. The first-order valence-electron chi connectivity index (χ1n) is 7.96. The van der Waals surface area contributed by atoms with Gasteiger partial charge in [-0.15, -0.1) is 0 Å². The van der Waals surface area contributed by atoms with Crippen molar-refractivity contribution in [2.45, 2.75) is 25.8 Å². The minimum Gasteiger partial charge on any atom is -0.493 e. The molecule has 1 saturated heterocycles. The number of hydrogen-bond donors (Lipinski definition) is 3. The van der Waals surface area contributed by atoms with Gasteiger partial charge in [0.05, 0.1) is 12.3 Å². The van der Waals surface area contributed by atoms with E-state index >= 15 is 0 Å². The van der Waals surface area contributed by atoms with Gasteiger partial charge in [-0.1, -0.05) is 6.92 Å². The zero-order chi connectivity index (χ0) is 16.4. The number of fused-ring (bicyclic) bond motifs is 1. The summed E-state index contributed by atoms with van der Waals surface area (Å²) in [5, 5.41) is 17.3. The van der Waals surface area contributed by atoms with Crippen LogP contribution in [0.2, 0.25) is 0 Å². The van der Waals surface area contributed by atoms with Crippen LogP contribution in [0.5, 0.6) is 5.75 Å². The molecule has 0 spiro atoms. The summed E-state index contributed by atoms with van der Waals surface area (Å²) in [5.74, 6) is 1.13. The Balaban J connectivity index is 1.66. The Labute approximate surface area is 144 Å². The van der Waals surface area contributed by atoms with Gasteiger partial charge in [0.1, 0.15) is 5.75 Å². The molecule has 23 heavy (non-hydrogen) atoms. The highest BCUT2D eigenvalue weighted by Crippen LogP contribution is 2.37. The first-order valence-corrected chi connectivity index (χ1v) is 8.75. The molecule has 1 fully saturated rings. The van der Waals surface area contributed by atoms with Crippen LogP contribution >= 0.6 is 15.9 Å². The van der Waals surface area contributed by atoms with Gasteiger partial charge in [0.2, 0.25) is 5.91 Å². The maximum absolute atomic E-state index is 11.6. The van der Waals surface area contributed by atoms with Crippen molar-refractivity contribution >= 4 is 27.5 Å². The molecule has 7 heteroatoms. The summed E-state index contributed by atoms with van der Waals surface area (Å²) >= 11 is 3.48. The van der Waals surface area contributed by atoms with Crippen LogP contribution in [0.25, 0.3) is 0 Å². The van der Waals surface area contributed by atoms with Gasteiger partial charge in [-0.05, 0) is 34.5 Å². The minimum atomic E-state index is 0.0400. The molecule has 3 N–H and O–H groups in total. The number of amides is 1. The number of hydroxylamine groups is 2. The Morgan fingerprint density at radius 1 is 1.48 bits per heavy atom. The van der Waals surface area contributed by atoms with E-state index in [1.54, 1.807) is 0 Å². The molecule has 0 aromatic heterocycles. The molecule has 2 aliphatic heterocycles. The van der Waals surface area contributed by atoms with Gasteiger partial charge in [-0.25, -0.2) is 0 Å². The topological polar surface area (TPSA) is 73.8 Å². The quantitative estimate of drug-likeness (QED) is 0.741. The van der Waals surface area contributed by atoms with Crippen LogP contribution in [0.15, 0.2) is 16.6 Å². The van der Waals surface area contributed by atoms with Gasteiger partial charge in [-0.3, -0.25) is 4.79 Å². The van der Waals surface area contributed by atoms with Crippen molar-refractivity contribution in [1.82, 2.24) is 10.4 Å². The highest BCUT2D eigenvalue weighted by Gasteiger charge is 2.25. The van der Waals surface area contributed by atoms with E-state index in [0.717, 1.165) is 28.0 Å². The van der Waals surface area contributed by atoms with Gasteiger partial charge < -0.3 is 20.6 Å². The van der Waals surface area contributed by atoms with Crippen LogP contribution in [-0.2, 0) is 11.2 Å². The van der Waals surface area contributed by atoms with Gasteiger partial charge >= 0.3 is 0 Å². The lowest BCUT2D eigenvalue weighted by molar-refractivity contribution is -0.116. The Bertz CT molecular complexity index is 596. The van der Waals surface area contributed by atoms with Crippen molar-refractivity contribution in [3.8, 4) is 5.75 Å². The fraction of sp³-hybridized carbons (Fsp3) is 0.562. The van der Waals surface area contributed by atoms with Crippen LogP contribution in [0.4, 0.5) is 5.69 Å². The normalized spacial score (nSPS) is 23.1. The molecule has 0 bridgehead atoms. The Kier molecular flexibility index (Phi) is 5.21. The maximum Gasteiger partial charge on any atom is 0.224 e. The molecular weight excluding hydrogens is 362 g/mol. The molecule has 0 aliphatic carbocycles. The third-order valence-electron chi connectivity index (χ3n) is 4.46. The van der Waals surface area contributed by atoms with Crippen LogP contribution in [0, 0.1) is 5.92 Å². The van der Waals surface area contributed by atoms with Crippen molar-refractivity contribution in [3.63, 3.8) is 0 Å². The second kappa shape index (κ2) is 7.17. The first kappa shape index (κ1) is 16.7. The Morgan fingerprint density at radius 3 is 3.09 bits per heavy atom. The highest BCUT2D eigenvalue weighted by molar-refractivity contribution is 9.10. The average Bonchev–Trinajstić information content (AvgIpc) is 2.54. The van der Waals surface area contributed by atoms with E-state index in [1.165, 1.54) is 5.06 Å². The Hall–Kier alpha value is -1.15. The summed E-state index contributed by atoms with van der Waals surface area (Å²) < 4.78 is 6.91. The van der Waals surface area contributed by atoms with Crippen molar-refractivity contribution < 1.29 is 14.7 Å². The maximum atomic E-state index is 11.6. The van der Waals surface area contributed by atoms with E-state index in [0.29, 0.717) is 32.5 Å². The monoisotopic (exact) mass is 383 g/mol. The number of nitrogens with one attached hydrogen (secondary N) is 2. The SMILES string of the molecule is CC(COc1ccc(Br)c2c1CCC(=O)N2)C1CN(O)CCN1. The standard InChI is InChI=1S/C16H22BrN3O3/c1-10(13-8-20(22)7-6-18-13)9-23-14-4-3-12(17)16-11(14)2-5-15(21)19-16/h3-4,10,13,18,22H,2,5-9H2,1H3,(H,19,21). The van der Waals surface area contributed by atoms with Gasteiger partial charge in [0.25, 0.3) is 0 Å². The zero-order valence-corrected chi connectivity index (χ0v) is 14.7. The smallest absolute Gasteiger partial charge is 0.224 e. The molecule has 1 aromatic rings. The summed E-state index contributed by atoms with van der Waals surface area (Å²) in [5.41, 5.74) is 1.87. The number of benzene rings is 1. The predicted molar refractivity (Wildman–Crippen MR) is 90.9 cm³/mol. The van der Waals surface area contributed by atoms with Crippen molar-refractivity contribution in [2.75, 3.05) is 31.6 Å². The first-order chi connectivity index (χ1) is 11.0. The number of carbonyl (C=O) groups is 1. The third kappa shape index (κ3) is 3.85. The Morgan fingerprint density at radius 2 is 2.30 bits per heavy atom. The van der Waals surface area contributed by atoms with Crippen molar-refractivity contribution in [1.29, 1.82) is 0 Å². The number of anilines is 1. The molecule has 0 saturated carbocycles. The molecule has 1 aromatic carbocycles. The summed E-state index contributed by atoms with van der Waals surface area (Å²) in [7, 11) is 0. The predicted octanol–water partition coefficient (Wildman–Crippen LogP) is 2.01. The molecule has 2 atom stereocenters. The van der Waals surface area contributed by atoms with Crippen LogP contribution in [0.3, 0.4) is 0 Å². The van der Waals surface area contributed by atoms with Crippen molar-refractivity contribution in [2.24, 2.45) is 5.92 Å². The van der Waals surface area contributed by atoms with E-state index in [2.05, 4.69) is 33.5 Å². The molecule has 1 amide bonds. The van der Waals surface area contributed by atoms with E-state index in [4.69, 9.17) is 4.74 Å². The summed E-state index contributed by atoms with van der Waals surface area (Å²) in [4.78, 5) is 11.6. The molecule has 2 unspecified atom stereocenters. The third-order valence-corrected chi connectivity index (χ3v) is 5.12. The lowest BCUT2D eigenvalue weighted by atomic mass is 10.0. The molecule has 6 nitrogen and oxygen atoms in total. The van der Waals surface area contributed by atoms with Gasteiger partial charge in [-0.2, -0.15) is 5.06 Å².